The Morgan fingerprint density at radius 3 is 2.65 bits per heavy atom. The van der Waals surface area contributed by atoms with Crippen LogP contribution in [-0.4, -0.2) is 36.2 Å². The predicted octanol–water partition coefficient (Wildman–Crippen LogP) is 3.27. The van der Waals surface area contributed by atoms with Crippen LogP contribution in [0.3, 0.4) is 0 Å². The van der Waals surface area contributed by atoms with Gasteiger partial charge in [0, 0.05) is 38.0 Å². The lowest BCUT2D eigenvalue weighted by Gasteiger charge is -2.36. The van der Waals surface area contributed by atoms with Crippen LogP contribution in [0.2, 0.25) is 0 Å². The number of rotatable bonds is 5. The van der Waals surface area contributed by atoms with Gasteiger partial charge in [-0.15, -0.1) is 0 Å². The summed E-state index contributed by atoms with van der Waals surface area (Å²) in [5, 5.41) is 3.25. The number of halogens is 1. The molecule has 1 N–H and O–H groups in total. The second-order valence-corrected chi connectivity index (χ2v) is 6.65. The maximum atomic E-state index is 13.6. The van der Waals surface area contributed by atoms with Crippen molar-refractivity contribution in [3.8, 4) is 0 Å². The Labute approximate surface area is 153 Å². The first kappa shape index (κ1) is 18.3. The molecule has 0 bridgehead atoms. The first-order chi connectivity index (χ1) is 12.5. The van der Waals surface area contributed by atoms with Crippen molar-refractivity contribution in [2.24, 2.45) is 0 Å². The first-order valence-electron chi connectivity index (χ1n) is 8.90. The number of piperazine rings is 1. The van der Waals surface area contributed by atoms with Crippen molar-refractivity contribution in [2.45, 2.75) is 25.8 Å². The highest BCUT2D eigenvalue weighted by Crippen LogP contribution is 2.24. The van der Waals surface area contributed by atoms with Gasteiger partial charge in [-0.05, 0) is 24.6 Å². The fourth-order valence-electron chi connectivity index (χ4n) is 3.26. The zero-order chi connectivity index (χ0) is 18.5. The number of carbonyl (C=O) groups excluding carboxylic acids is 2. The number of benzene rings is 2. The van der Waals surface area contributed by atoms with Crippen LogP contribution in [0.1, 0.15) is 40.4 Å². The molecular formula is C21H23FN2O2. The summed E-state index contributed by atoms with van der Waals surface area (Å²) in [6.07, 6.45) is 0.347. The molecule has 1 heterocycles. The molecule has 3 rings (SSSR count). The number of hydrogen-bond donors (Lipinski definition) is 1. The molecule has 26 heavy (non-hydrogen) atoms. The molecule has 0 spiro atoms. The average molecular weight is 354 g/mol. The van der Waals surface area contributed by atoms with Crippen LogP contribution in [0.25, 0.3) is 0 Å². The third kappa shape index (κ3) is 4.35. The standard InChI is InChI=1S/C21H23FN2O2/c1-15-5-7-16(8-6-15)20(25)9-10-21(26)24-12-11-23-14-19(24)17-3-2-4-18(22)13-17/h2-8,13,19,23H,9-12,14H2,1H3. The average Bonchev–Trinajstić information content (AvgIpc) is 2.66. The smallest absolute Gasteiger partial charge is 0.223 e. The van der Waals surface area contributed by atoms with Gasteiger partial charge in [-0.2, -0.15) is 0 Å². The van der Waals surface area contributed by atoms with Gasteiger partial charge in [0.05, 0.1) is 6.04 Å². The Balaban J connectivity index is 1.65. The monoisotopic (exact) mass is 354 g/mol. The highest BCUT2D eigenvalue weighted by atomic mass is 19.1. The van der Waals surface area contributed by atoms with Crippen molar-refractivity contribution in [2.75, 3.05) is 19.6 Å². The molecule has 1 aliphatic rings. The largest absolute Gasteiger partial charge is 0.333 e. The van der Waals surface area contributed by atoms with Gasteiger partial charge in [-0.1, -0.05) is 42.0 Å². The molecule has 5 heteroatoms. The molecule has 136 valence electrons. The summed E-state index contributed by atoms with van der Waals surface area (Å²) in [7, 11) is 0. The summed E-state index contributed by atoms with van der Waals surface area (Å²) in [6.45, 7) is 3.80. The van der Waals surface area contributed by atoms with Gasteiger partial charge >= 0.3 is 0 Å². The van der Waals surface area contributed by atoms with E-state index in [0.717, 1.165) is 11.1 Å². The normalized spacial score (nSPS) is 17.2. The lowest BCUT2D eigenvalue weighted by atomic mass is 10.0. The number of nitrogens with one attached hydrogen (secondary N) is 1. The van der Waals surface area contributed by atoms with Gasteiger partial charge in [0.1, 0.15) is 5.82 Å². The molecule has 0 radical (unpaired) electrons. The van der Waals surface area contributed by atoms with Crippen LogP contribution in [0.4, 0.5) is 4.39 Å². The number of aryl methyl sites for hydroxylation is 1. The lowest BCUT2D eigenvalue weighted by Crippen LogP contribution is -2.48. The Hall–Kier alpha value is -2.53. The fourth-order valence-corrected chi connectivity index (χ4v) is 3.26. The second-order valence-electron chi connectivity index (χ2n) is 6.65. The van der Waals surface area contributed by atoms with E-state index in [0.29, 0.717) is 25.2 Å². The molecule has 1 saturated heterocycles. The van der Waals surface area contributed by atoms with E-state index >= 15 is 0 Å². The highest BCUT2D eigenvalue weighted by molar-refractivity contribution is 5.98. The SMILES string of the molecule is Cc1ccc(C(=O)CCC(=O)N2CCNCC2c2cccc(F)c2)cc1. The van der Waals surface area contributed by atoms with Gasteiger partial charge < -0.3 is 10.2 Å². The van der Waals surface area contributed by atoms with Gasteiger partial charge in [0.15, 0.2) is 5.78 Å². The first-order valence-corrected chi connectivity index (χ1v) is 8.90. The molecule has 0 saturated carbocycles. The molecule has 4 nitrogen and oxygen atoms in total. The quantitative estimate of drug-likeness (QED) is 0.839. The number of ketones is 1. The number of amides is 1. The van der Waals surface area contributed by atoms with E-state index in [1.54, 1.807) is 23.1 Å². The van der Waals surface area contributed by atoms with Crippen molar-refractivity contribution in [1.82, 2.24) is 10.2 Å². The maximum absolute atomic E-state index is 13.6. The van der Waals surface area contributed by atoms with Gasteiger partial charge in [-0.25, -0.2) is 4.39 Å². The van der Waals surface area contributed by atoms with Crippen molar-refractivity contribution >= 4 is 11.7 Å². The predicted molar refractivity (Wildman–Crippen MR) is 98.5 cm³/mol. The zero-order valence-electron chi connectivity index (χ0n) is 14.9. The van der Waals surface area contributed by atoms with E-state index < -0.39 is 0 Å². The lowest BCUT2D eigenvalue weighted by molar-refractivity contribution is -0.134. The number of carbonyl (C=O) groups is 2. The topological polar surface area (TPSA) is 49.4 Å². The van der Waals surface area contributed by atoms with Crippen molar-refractivity contribution < 1.29 is 14.0 Å². The van der Waals surface area contributed by atoms with Crippen molar-refractivity contribution in [3.63, 3.8) is 0 Å². The molecule has 1 atom stereocenters. The van der Waals surface area contributed by atoms with E-state index in [-0.39, 0.29) is 36.4 Å². The summed E-state index contributed by atoms with van der Waals surface area (Å²) >= 11 is 0. The minimum atomic E-state index is -0.310. The van der Waals surface area contributed by atoms with Gasteiger partial charge in [0.2, 0.25) is 5.91 Å². The Kier molecular flexibility index (Phi) is 5.78. The number of hydrogen-bond acceptors (Lipinski definition) is 3. The van der Waals surface area contributed by atoms with Crippen LogP contribution in [0, 0.1) is 12.7 Å². The zero-order valence-corrected chi connectivity index (χ0v) is 14.9. The molecular weight excluding hydrogens is 331 g/mol. The van der Waals surface area contributed by atoms with Crippen molar-refractivity contribution in [1.29, 1.82) is 0 Å². The minimum Gasteiger partial charge on any atom is -0.333 e. The highest BCUT2D eigenvalue weighted by Gasteiger charge is 2.28. The molecule has 0 aromatic heterocycles. The Morgan fingerprint density at radius 1 is 1.15 bits per heavy atom. The maximum Gasteiger partial charge on any atom is 0.223 e. The van der Waals surface area contributed by atoms with Crippen LogP contribution >= 0.6 is 0 Å². The van der Waals surface area contributed by atoms with E-state index in [9.17, 15) is 14.0 Å². The molecule has 1 unspecified atom stereocenters. The fraction of sp³-hybridized carbons (Fsp3) is 0.333. The summed E-state index contributed by atoms with van der Waals surface area (Å²) in [5.74, 6) is -0.410. The van der Waals surface area contributed by atoms with Crippen LogP contribution in [-0.2, 0) is 4.79 Å². The Morgan fingerprint density at radius 2 is 1.92 bits per heavy atom. The second kappa shape index (κ2) is 8.23. The summed E-state index contributed by atoms with van der Waals surface area (Å²) < 4.78 is 13.6. The van der Waals surface area contributed by atoms with E-state index in [1.807, 2.05) is 25.1 Å². The summed E-state index contributed by atoms with van der Waals surface area (Å²) in [4.78, 5) is 26.8. The van der Waals surface area contributed by atoms with Crippen LogP contribution in [0.15, 0.2) is 48.5 Å². The number of nitrogens with zero attached hydrogens (tertiary/aromatic N) is 1. The van der Waals surface area contributed by atoms with Crippen molar-refractivity contribution in [3.05, 3.63) is 71.0 Å². The molecule has 0 aliphatic carbocycles. The van der Waals surface area contributed by atoms with Gasteiger partial charge in [-0.3, -0.25) is 9.59 Å². The molecule has 1 amide bonds. The molecule has 2 aromatic rings. The summed E-state index contributed by atoms with van der Waals surface area (Å²) in [5.41, 5.74) is 2.50. The third-order valence-electron chi connectivity index (χ3n) is 4.74. The third-order valence-corrected chi connectivity index (χ3v) is 4.74. The van der Waals surface area contributed by atoms with Crippen LogP contribution in [0.5, 0.6) is 0 Å². The van der Waals surface area contributed by atoms with E-state index in [2.05, 4.69) is 5.32 Å². The van der Waals surface area contributed by atoms with Gasteiger partial charge in [0.25, 0.3) is 0 Å². The Bertz CT molecular complexity index is 789. The van der Waals surface area contributed by atoms with E-state index in [4.69, 9.17) is 0 Å². The summed E-state index contributed by atoms with van der Waals surface area (Å²) in [6, 6.07) is 13.5. The molecule has 2 aromatic carbocycles. The van der Waals surface area contributed by atoms with Crippen LogP contribution < -0.4 is 5.32 Å². The molecule has 1 aliphatic heterocycles. The number of Topliss-reactive ketones (excluding diaryl/α,β-unsaturated/α-hetero) is 1. The minimum absolute atomic E-state index is 0.0317. The molecule has 1 fully saturated rings. The van der Waals surface area contributed by atoms with E-state index in [1.165, 1.54) is 12.1 Å².